The van der Waals surface area contributed by atoms with Crippen molar-refractivity contribution in [2.45, 2.75) is 32.1 Å². The third kappa shape index (κ3) is 3.27. The lowest BCUT2D eigenvalue weighted by molar-refractivity contribution is 0.130. The molecule has 1 fully saturated rings. The molecule has 0 heterocycles. The lowest BCUT2D eigenvalue weighted by Crippen LogP contribution is -2.37. The summed E-state index contributed by atoms with van der Waals surface area (Å²) in [6, 6.07) is 0. The summed E-state index contributed by atoms with van der Waals surface area (Å²) in [5, 5.41) is 0. The Morgan fingerprint density at radius 1 is 1.38 bits per heavy atom. The Balaban J connectivity index is 2.26. The quantitative estimate of drug-likeness (QED) is 0.726. The molecule has 0 saturated heterocycles. The molecule has 1 rings (SSSR count). The first-order chi connectivity index (χ1) is 5.97. The fourth-order valence-corrected chi connectivity index (χ4v) is 2.61. The average molecular weight is 205 g/mol. The Kier molecular flexibility index (Phi) is 3.35. The summed E-state index contributed by atoms with van der Waals surface area (Å²) in [4.78, 5) is 0. The normalized spacial score (nSPS) is 21.1. The Bertz CT molecular complexity index is 249. The second kappa shape index (κ2) is 3.96. The fourth-order valence-electron chi connectivity index (χ4n) is 1.94. The average Bonchev–Trinajstić information content (AvgIpc) is 1.92. The van der Waals surface area contributed by atoms with Gasteiger partial charge in [0.2, 0.25) is 0 Å². The first-order valence-electron chi connectivity index (χ1n) is 4.85. The standard InChI is InChI=1S/C9H19NO2S/c1-13(11,12)7-3-6-9(8-10)4-2-5-9/h2-8,10H2,1H3. The van der Waals surface area contributed by atoms with E-state index in [1.807, 2.05) is 0 Å². The van der Waals surface area contributed by atoms with Crippen molar-refractivity contribution < 1.29 is 8.42 Å². The van der Waals surface area contributed by atoms with E-state index in [1.165, 1.54) is 25.5 Å². The first-order valence-corrected chi connectivity index (χ1v) is 6.91. The van der Waals surface area contributed by atoms with Gasteiger partial charge >= 0.3 is 0 Å². The van der Waals surface area contributed by atoms with Gasteiger partial charge in [0.1, 0.15) is 9.84 Å². The summed E-state index contributed by atoms with van der Waals surface area (Å²) in [5.41, 5.74) is 5.97. The van der Waals surface area contributed by atoms with E-state index < -0.39 is 9.84 Å². The van der Waals surface area contributed by atoms with Crippen LogP contribution in [0.2, 0.25) is 0 Å². The monoisotopic (exact) mass is 205 g/mol. The highest BCUT2D eigenvalue weighted by atomic mass is 32.2. The summed E-state index contributed by atoms with van der Waals surface area (Å²) < 4.78 is 21.8. The smallest absolute Gasteiger partial charge is 0.147 e. The second-order valence-electron chi connectivity index (χ2n) is 4.29. The van der Waals surface area contributed by atoms with E-state index in [1.54, 1.807) is 0 Å². The van der Waals surface area contributed by atoms with Crippen LogP contribution in [-0.4, -0.2) is 27.0 Å². The summed E-state index contributed by atoms with van der Waals surface area (Å²) in [7, 11) is -2.78. The molecule has 0 aromatic heterocycles. The van der Waals surface area contributed by atoms with Gasteiger partial charge < -0.3 is 5.73 Å². The van der Waals surface area contributed by atoms with E-state index in [2.05, 4.69) is 0 Å². The van der Waals surface area contributed by atoms with Crippen LogP contribution >= 0.6 is 0 Å². The van der Waals surface area contributed by atoms with Crippen LogP contribution in [0.25, 0.3) is 0 Å². The number of sulfone groups is 1. The van der Waals surface area contributed by atoms with E-state index in [-0.39, 0.29) is 0 Å². The van der Waals surface area contributed by atoms with Crippen molar-refractivity contribution in [3.8, 4) is 0 Å². The lowest BCUT2D eigenvalue weighted by Gasteiger charge is -2.41. The Morgan fingerprint density at radius 3 is 2.31 bits per heavy atom. The van der Waals surface area contributed by atoms with Gasteiger partial charge in [-0.05, 0) is 37.6 Å². The zero-order chi connectivity index (χ0) is 9.95. The summed E-state index contributed by atoms with van der Waals surface area (Å²) >= 11 is 0. The minimum absolute atomic E-state index is 0.296. The number of hydrogen-bond acceptors (Lipinski definition) is 3. The van der Waals surface area contributed by atoms with Crippen molar-refractivity contribution in [2.24, 2.45) is 11.1 Å². The van der Waals surface area contributed by atoms with Crippen molar-refractivity contribution in [2.75, 3.05) is 18.6 Å². The molecule has 1 aliphatic rings. The minimum Gasteiger partial charge on any atom is -0.330 e. The minimum atomic E-state index is -2.78. The van der Waals surface area contributed by atoms with Gasteiger partial charge in [-0.15, -0.1) is 0 Å². The summed E-state index contributed by atoms with van der Waals surface area (Å²) in [5.74, 6) is 0.314. The van der Waals surface area contributed by atoms with Crippen LogP contribution in [-0.2, 0) is 9.84 Å². The van der Waals surface area contributed by atoms with Crippen LogP contribution in [0.5, 0.6) is 0 Å². The predicted octanol–water partition coefficient (Wildman–Crippen LogP) is 0.940. The number of nitrogens with two attached hydrogens (primary N) is 1. The molecule has 0 spiro atoms. The molecule has 0 atom stereocenters. The van der Waals surface area contributed by atoms with Crippen molar-refractivity contribution in [3.63, 3.8) is 0 Å². The maximum Gasteiger partial charge on any atom is 0.147 e. The fraction of sp³-hybridized carbons (Fsp3) is 1.00. The molecule has 1 aliphatic carbocycles. The molecule has 0 unspecified atom stereocenters. The van der Waals surface area contributed by atoms with Crippen molar-refractivity contribution in [3.05, 3.63) is 0 Å². The van der Waals surface area contributed by atoms with E-state index >= 15 is 0 Å². The lowest BCUT2D eigenvalue weighted by atomic mass is 9.66. The maximum atomic E-state index is 10.9. The molecular weight excluding hydrogens is 186 g/mol. The SMILES string of the molecule is CS(=O)(=O)CCCC1(CN)CCC1. The third-order valence-corrected chi connectivity index (χ3v) is 4.10. The molecule has 0 aromatic carbocycles. The number of rotatable bonds is 5. The molecule has 1 saturated carbocycles. The molecule has 78 valence electrons. The zero-order valence-corrected chi connectivity index (χ0v) is 9.07. The highest BCUT2D eigenvalue weighted by Gasteiger charge is 2.34. The van der Waals surface area contributed by atoms with Crippen molar-refractivity contribution in [1.82, 2.24) is 0 Å². The van der Waals surface area contributed by atoms with Gasteiger partial charge in [0.05, 0.1) is 0 Å². The largest absolute Gasteiger partial charge is 0.330 e. The van der Waals surface area contributed by atoms with Gasteiger partial charge in [0.25, 0.3) is 0 Å². The van der Waals surface area contributed by atoms with Crippen LogP contribution in [0, 0.1) is 5.41 Å². The van der Waals surface area contributed by atoms with E-state index in [0.717, 1.165) is 19.4 Å². The van der Waals surface area contributed by atoms with Crippen molar-refractivity contribution in [1.29, 1.82) is 0 Å². The van der Waals surface area contributed by atoms with Gasteiger partial charge in [-0.3, -0.25) is 0 Å². The van der Waals surface area contributed by atoms with Crippen LogP contribution < -0.4 is 5.73 Å². The molecule has 0 bridgehead atoms. The Hall–Kier alpha value is -0.0900. The van der Waals surface area contributed by atoms with E-state index in [9.17, 15) is 8.42 Å². The highest BCUT2D eigenvalue weighted by Crippen LogP contribution is 2.43. The van der Waals surface area contributed by atoms with Gasteiger partial charge in [0.15, 0.2) is 0 Å². The molecule has 0 amide bonds. The molecule has 4 heteroatoms. The van der Waals surface area contributed by atoms with E-state index in [4.69, 9.17) is 5.73 Å². The summed E-state index contributed by atoms with van der Waals surface area (Å²) in [6.07, 6.45) is 6.69. The number of hydrogen-bond donors (Lipinski definition) is 1. The van der Waals surface area contributed by atoms with Crippen LogP contribution in [0.15, 0.2) is 0 Å². The summed E-state index contributed by atoms with van der Waals surface area (Å²) in [6.45, 7) is 0.719. The van der Waals surface area contributed by atoms with Gasteiger partial charge in [0, 0.05) is 12.0 Å². The molecule has 3 nitrogen and oxygen atoms in total. The van der Waals surface area contributed by atoms with Crippen molar-refractivity contribution >= 4 is 9.84 Å². The maximum absolute atomic E-state index is 10.9. The Morgan fingerprint density at radius 2 is 2.00 bits per heavy atom. The Labute approximate surface area is 80.6 Å². The zero-order valence-electron chi connectivity index (χ0n) is 8.25. The third-order valence-electron chi connectivity index (χ3n) is 3.07. The molecule has 0 radical (unpaired) electrons. The van der Waals surface area contributed by atoms with Crippen LogP contribution in [0.3, 0.4) is 0 Å². The highest BCUT2D eigenvalue weighted by molar-refractivity contribution is 7.90. The second-order valence-corrected chi connectivity index (χ2v) is 6.55. The van der Waals surface area contributed by atoms with Crippen LogP contribution in [0.1, 0.15) is 32.1 Å². The molecule has 2 N–H and O–H groups in total. The first kappa shape index (κ1) is 11.0. The molecule has 0 aromatic rings. The topological polar surface area (TPSA) is 60.2 Å². The van der Waals surface area contributed by atoms with Crippen LogP contribution in [0.4, 0.5) is 0 Å². The predicted molar refractivity (Wildman–Crippen MR) is 54.3 cm³/mol. The van der Waals surface area contributed by atoms with Gasteiger partial charge in [-0.2, -0.15) is 0 Å². The van der Waals surface area contributed by atoms with E-state index in [0.29, 0.717) is 11.2 Å². The molecule has 13 heavy (non-hydrogen) atoms. The molecular formula is C9H19NO2S. The van der Waals surface area contributed by atoms with Gasteiger partial charge in [-0.25, -0.2) is 8.42 Å². The van der Waals surface area contributed by atoms with Gasteiger partial charge in [-0.1, -0.05) is 6.42 Å². The molecule has 0 aliphatic heterocycles.